The predicted octanol–water partition coefficient (Wildman–Crippen LogP) is 2.65. The number of hydrogen-bond donors (Lipinski definition) is 1. The first-order valence-electron chi connectivity index (χ1n) is 5.83. The number of thiazole rings is 1. The Balaban J connectivity index is 2.40. The lowest BCUT2D eigenvalue weighted by Gasteiger charge is -2.17. The second-order valence-electron chi connectivity index (χ2n) is 4.43. The molecule has 0 saturated carbocycles. The third-order valence-electron chi connectivity index (χ3n) is 2.93. The summed E-state index contributed by atoms with van der Waals surface area (Å²) in [6.07, 6.45) is 0. The lowest BCUT2D eigenvalue weighted by Crippen LogP contribution is -2.27. The van der Waals surface area contributed by atoms with Crippen LogP contribution in [-0.2, 0) is 16.6 Å². The molecule has 5 nitrogen and oxygen atoms in total. The minimum atomic E-state index is -4.03. The highest BCUT2D eigenvalue weighted by Gasteiger charge is 2.27. The Morgan fingerprint density at radius 2 is 2.14 bits per heavy atom. The van der Waals surface area contributed by atoms with Gasteiger partial charge in [-0.05, 0) is 19.1 Å². The van der Waals surface area contributed by atoms with Crippen molar-refractivity contribution < 1.29 is 12.8 Å². The van der Waals surface area contributed by atoms with Gasteiger partial charge in [0.05, 0.1) is 16.9 Å². The monoisotopic (exact) mass is 349 g/mol. The molecule has 0 aliphatic carbocycles. The van der Waals surface area contributed by atoms with Crippen LogP contribution in [0.5, 0.6) is 0 Å². The Labute approximate surface area is 131 Å². The molecular formula is C12H13ClFN3O2S2. The molecule has 9 heteroatoms. The lowest BCUT2D eigenvalue weighted by molar-refractivity contribution is 0.462. The molecule has 0 unspecified atom stereocenters. The highest BCUT2D eigenvalue weighted by atomic mass is 35.5. The van der Waals surface area contributed by atoms with Crippen molar-refractivity contribution in [1.29, 1.82) is 0 Å². The van der Waals surface area contributed by atoms with Gasteiger partial charge in [0.25, 0.3) is 0 Å². The van der Waals surface area contributed by atoms with Crippen LogP contribution in [0.25, 0.3) is 0 Å². The first-order chi connectivity index (χ1) is 9.73. The number of anilines is 1. The fourth-order valence-corrected chi connectivity index (χ4v) is 4.16. The number of nitrogens with zero attached hydrogens (tertiary/aromatic N) is 2. The SMILES string of the molecule is Cc1ncsc1CN(C)S(=O)(=O)c1cc(Cl)cc(N)c1F. The normalized spacial score (nSPS) is 12.0. The average molecular weight is 350 g/mol. The second kappa shape index (κ2) is 5.88. The van der Waals surface area contributed by atoms with E-state index in [2.05, 4.69) is 4.98 Å². The number of halogens is 2. The lowest BCUT2D eigenvalue weighted by atomic mass is 10.3. The molecule has 1 aromatic carbocycles. The zero-order valence-corrected chi connectivity index (χ0v) is 13.7. The number of benzene rings is 1. The van der Waals surface area contributed by atoms with Gasteiger partial charge in [0, 0.05) is 23.5 Å². The van der Waals surface area contributed by atoms with E-state index in [1.165, 1.54) is 24.5 Å². The van der Waals surface area contributed by atoms with Crippen molar-refractivity contribution in [3.8, 4) is 0 Å². The Bertz CT molecular complexity index is 777. The van der Waals surface area contributed by atoms with E-state index in [0.29, 0.717) is 0 Å². The molecule has 2 rings (SSSR count). The van der Waals surface area contributed by atoms with Crippen LogP contribution in [0.1, 0.15) is 10.6 Å². The Morgan fingerprint density at radius 3 is 2.71 bits per heavy atom. The van der Waals surface area contributed by atoms with Crippen molar-refractivity contribution in [2.24, 2.45) is 0 Å². The highest BCUT2D eigenvalue weighted by Crippen LogP contribution is 2.28. The molecule has 0 aliphatic heterocycles. The quantitative estimate of drug-likeness (QED) is 0.861. The maximum Gasteiger partial charge on any atom is 0.246 e. The van der Waals surface area contributed by atoms with E-state index >= 15 is 0 Å². The molecule has 21 heavy (non-hydrogen) atoms. The van der Waals surface area contributed by atoms with E-state index in [1.807, 2.05) is 0 Å². The third-order valence-corrected chi connectivity index (χ3v) is 5.87. The molecule has 0 saturated heterocycles. The summed E-state index contributed by atoms with van der Waals surface area (Å²) in [5, 5.41) is 0.0647. The highest BCUT2D eigenvalue weighted by molar-refractivity contribution is 7.89. The van der Waals surface area contributed by atoms with Gasteiger partial charge in [0.15, 0.2) is 5.82 Å². The van der Waals surface area contributed by atoms with Gasteiger partial charge in [-0.15, -0.1) is 11.3 Å². The van der Waals surface area contributed by atoms with Crippen molar-refractivity contribution in [2.45, 2.75) is 18.4 Å². The minimum absolute atomic E-state index is 0.0647. The molecule has 0 atom stereocenters. The van der Waals surface area contributed by atoms with Crippen molar-refractivity contribution in [2.75, 3.05) is 12.8 Å². The second-order valence-corrected chi connectivity index (χ2v) is 7.82. The summed E-state index contributed by atoms with van der Waals surface area (Å²) < 4.78 is 39.9. The summed E-state index contributed by atoms with van der Waals surface area (Å²) in [6.45, 7) is 1.88. The van der Waals surface area contributed by atoms with Crippen LogP contribution in [0.4, 0.5) is 10.1 Å². The number of nitrogen functional groups attached to an aromatic ring is 1. The van der Waals surface area contributed by atoms with E-state index in [1.54, 1.807) is 12.4 Å². The molecule has 0 aliphatic rings. The molecule has 0 spiro atoms. The molecular weight excluding hydrogens is 337 g/mol. The Morgan fingerprint density at radius 1 is 1.48 bits per heavy atom. The molecule has 2 N–H and O–H groups in total. The molecule has 0 bridgehead atoms. The van der Waals surface area contributed by atoms with Gasteiger partial charge in [-0.2, -0.15) is 4.31 Å². The topological polar surface area (TPSA) is 76.3 Å². The summed E-state index contributed by atoms with van der Waals surface area (Å²) in [5.74, 6) is -0.993. The van der Waals surface area contributed by atoms with Crippen LogP contribution in [0.15, 0.2) is 22.5 Å². The first kappa shape index (κ1) is 16.2. The standard InChI is InChI=1S/C12H13ClFN3O2S2/c1-7-10(20-6-16-7)5-17(2)21(18,19)11-4-8(13)3-9(15)12(11)14/h3-4,6H,5,15H2,1-2H3. The number of rotatable bonds is 4. The molecule has 0 fully saturated rings. The van der Waals surface area contributed by atoms with Crippen molar-refractivity contribution in [3.63, 3.8) is 0 Å². The first-order valence-corrected chi connectivity index (χ1v) is 8.53. The maximum atomic E-state index is 14.0. The van der Waals surface area contributed by atoms with Crippen molar-refractivity contribution >= 4 is 38.6 Å². The van der Waals surface area contributed by atoms with Gasteiger partial charge in [0.2, 0.25) is 10.0 Å². The molecule has 0 radical (unpaired) electrons. The summed E-state index contributed by atoms with van der Waals surface area (Å²) in [7, 11) is -2.67. The van der Waals surface area contributed by atoms with Gasteiger partial charge in [-0.1, -0.05) is 11.6 Å². The van der Waals surface area contributed by atoms with Crippen molar-refractivity contribution in [3.05, 3.63) is 39.1 Å². The Kier molecular flexibility index (Phi) is 4.52. The van der Waals surface area contributed by atoms with Gasteiger partial charge < -0.3 is 5.73 Å². The predicted molar refractivity (Wildman–Crippen MR) is 81.3 cm³/mol. The summed E-state index contributed by atoms with van der Waals surface area (Å²) in [6, 6.07) is 2.22. The zero-order valence-electron chi connectivity index (χ0n) is 11.3. The summed E-state index contributed by atoms with van der Waals surface area (Å²) >= 11 is 7.10. The largest absolute Gasteiger partial charge is 0.396 e. The van der Waals surface area contributed by atoms with Crippen LogP contribution in [0, 0.1) is 12.7 Å². The molecule has 0 amide bonds. The summed E-state index contributed by atoms with van der Waals surface area (Å²) in [5.41, 5.74) is 7.50. The van der Waals surface area contributed by atoms with Gasteiger partial charge in [-0.25, -0.2) is 17.8 Å². The Hall–Kier alpha value is -1.22. The van der Waals surface area contributed by atoms with Crippen LogP contribution >= 0.6 is 22.9 Å². The summed E-state index contributed by atoms with van der Waals surface area (Å²) in [4.78, 5) is 4.31. The van der Waals surface area contributed by atoms with E-state index in [4.69, 9.17) is 17.3 Å². The van der Waals surface area contributed by atoms with Gasteiger partial charge >= 0.3 is 0 Å². The number of nitrogens with two attached hydrogens (primary N) is 1. The van der Waals surface area contributed by atoms with E-state index < -0.39 is 20.7 Å². The van der Waals surface area contributed by atoms with Gasteiger partial charge in [0.1, 0.15) is 4.90 Å². The van der Waals surface area contributed by atoms with Crippen LogP contribution in [0.3, 0.4) is 0 Å². The van der Waals surface area contributed by atoms with Crippen LogP contribution < -0.4 is 5.73 Å². The number of hydrogen-bond acceptors (Lipinski definition) is 5. The number of aromatic nitrogens is 1. The fourth-order valence-electron chi connectivity index (χ4n) is 1.71. The molecule has 114 valence electrons. The minimum Gasteiger partial charge on any atom is -0.396 e. The molecule has 1 aromatic heterocycles. The molecule has 1 heterocycles. The van der Waals surface area contributed by atoms with E-state index in [9.17, 15) is 12.8 Å². The van der Waals surface area contributed by atoms with Crippen LogP contribution in [0.2, 0.25) is 5.02 Å². The van der Waals surface area contributed by atoms with E-state index in [0.717, 1.165) is 20.9 Å². The molecule has 2 aromatic rings. The van der Waals surface area contributed by atoms with Crippen molar-refractivity contribution in [1.82, 2.24) is 9.29 Å². The zero-order chi connectivity index (χ0) is 15.8. The third kappa shape index (κ3) is 3.18. The van der Waals surface area contributed by atoms with Gasteiger partial charge in [-0.3, -0.25) is 0 Å². The number of sulfonamides is 1. The number of aryl methyl sites for hydroxylation is 1. The fraction of sp³-hybridized carbons (Fsp3) is 0.250. The maximum absolute atomic E-state index is 14.0. The average Bonchev–Trinajstić information content (AvgIpc) is 2.79. The smallest absolute Gasteiger partial charge is 0.246 e. The van der Waals surface area contributed by atoms with E-state index in [-0.39, 0.29) is 17.3 Å². The van der Waals surface area contributed by atoms with Crippen LogP contribution in [-0.4, -0.2) is 24.8 Å².